The average Bonchev–Trinajstić information content (AvgIpc) is 1.84. The van der Waals surface area contributed by atoms with Gasteiger partial charge in [-0.2, -0.15) is 0 Å². The third-order valence-corrected chi connectivity index (χ3v) is 0.827. The molecule has 0 bridgehead atoms. The maximum atomic E-state index is 11.9. The molecule has 0 aliphatic heterocycles. The van der Waals surface area contributed by atoms with E-state index in [-0.39, 0.29) is 0 Å². The lowest BCUT2D eigenvalue weighted by molar-refractivity contribution is 0.543. The van der Waals surface area contributed by atoms with E-state index in [1.807, 2.05) is 0 Å². The first kappa shape index (κ1) is 11.0. The Hall–Kier alpha value is -0.990. The lowest BCUT2D eigenvalue weighted by Crippen LogP contribution is -1.81. The van der Waals surface area contributed by atoms with E-state index in [1.165, 1.54) is 6.42 Å². The molecular weight excluding hydrogens is 165 g/mol. The first-order chi connectivity index (χ1) is 5.60. The Morgan fingerprint density at radius 2 is 1.00 bits per heavy atom. The molecule has 0 atom stereocenters. The smallest absolute Gasteiger partial charge is 0.129 e. The summed E-state index contributed by atoms with van der Waals surface area (Å²) in [5, 5.41) is 0. The third kappa shape index (κ3) is 4.77. The monoisotopic (exact) mass is 176 g/mol. The van der Waals surface area contributed by atoms with E-state index in [0.29, 0.717) is 18.2 Å². The van der Waals surface area contributed by atoms with E-state index in [9.17, 15) is 13.2 Å². The summed E-state index contributed by atoms with van der Waals surface area (Å²) in [6, 6.07) is 1.84. The van der Waals surface area contributed by atoms with Gasteiger partial charge in [0.1, 0.15) is 17.5 Å². The predicted molar refractivity (Wildman–Crippen MR) is 42.3 cm³/mol. The van der Waals surface area contributed by atoms with Gasteiger partial charge in [-0.05, 0) is 0 Å². The Morgan fingerprint density at radius 1 is 0.833 bits per heavy atom. The van der Waals surface area contributed by atoms with E-state index < -0.39 is 17.5 Å². The number of benzene rings is 1. The van der Waals surface area contributed by atoms with E-state index in [4.69, 9.17) is 0 Å². The van der Waals surface area contributed by atoms with Gasteiger partial charge in [-0.3, -0.25) is 0 Å². The van der Waals surface area contributed by atoms with Crippen LogP contribution in [-0.4, -0.2) is 0 Å². The Bertz CT molecular complexity index is 183. The lowest BCUT2D eigenvalue weighted by Gasteiger charge is -1.88. The van der Waals surface area contributed by atoms with Gasteiger partial charge in [0.15, 0.2) is 0 Å². The second-order valence-corrected chi connectivity index (χ2v) is 2.29. The van der Waals surface area contributed by atoms with Crippen LogP contribution in [-0.2, 0) is 0 Å². The molecule has 0 nitrogen and oxygen atoms in total. The molecule has 0 spiro atoms. The van der Waals surface area contributed by atoms with Crippen molar-refractivity contribution in [2.75, 3.05) is 0 Å². The highest BCUT2D eigenvalue weighted by atomic mass is 19.1. The van der Waals surface area contributed by atoms with Gasteiger partial charge in [-0.1, -0.05) is 20.3 Å². The van der Waals surface area contributed by atoms with Crippen LogP contribution in [0.15, 0.2) is 18.2 Å². The van der Waals surface area contributed by atoms with Gasteiger partial charge in [-0.15, -0.1) is 0 Å². The van der Waals surface area contributed by atoms with Crippen molar-refractivity contribution in [3.05, 3.63) is 35.7 Å². The van der Waals surface area contributed by atoms with E-state index in [0.717, 1.165) is 0 Å². The molecule has 0 saturated heterocycles. The molecule has 0 aliphatic carbocycles. The zero-order valence-electron chi connectivity index (χ0n) is 7.07. The predicted octanol–water partition coefficient (Wildman–Crippen LogP) is 3.52. The number of hydrogen-bond donors (Lipinski definition) is 0. The zero-order chi connectivity index (χ0) is 9.56. The van der Waals surface area contributed by atoms with Crippen LogP contribution in [0, 0.1) is 17.5 Å². The summed E-state index contributed by atoms with van der Waals surface area (Å²) >= 11 is 0. The molecule has 1 rings (SSSR count). The number of rotatable bonds is 0. The first-order valence-corrected chi connectivity index (χ1v) is 3.71. The van der Waals surface area contributed by atoms with Crippen molar-refractivity contribution in [1.82, 2.24) is 0 Å². The topological polar surface area (TPSA) is 0 Å². The van der Waals surface area contributed by atoms with Crippen LogP contribution in [0.3, 0.4) is 0 Å². The fourth-order valence-corrected chi connectivity index (χ4v) is 0.520. The molecule has 0 aromatic heterocycles. The fourth-order valence-electron chi connectivity index (χ4n) is 0.520. The minimum absolute atomic E-state index is 0.614. The number of hydrogen-bond acceptors (Lipinski definition) is 0. The Labute approximate surface area is 70.0 Å². The van der Waals surface area contributed by atoms with Crippen LogP contribution >= 0.6 is 0 Å². The summed E-state index contributed by atoms with van der Waals surface area (Å²) in [6.45, 7) is 4.25. The standard InChI is InChI=1S/C6H3F3.C3H8/c7-4-1-5(8)3-6(9)2-4;1-3-2/h1-3H;3H2,1-2H3. The van der Waals surface area contributed by atoms with Gasteiger partial charge >= 0.3 is 0 Å². The van der Waals surface area contributed by atoms with E-state index >= 15 is 0 Å². The van der Waals surface area contributed by atoms with Crippen LogP contribution in [0.25, 0.3) is 0 Å². The summed E-state index contributed by atoms with van der Waals surface area (Å²) in [4.78, 5) is 0. The molecule has 0 N–H and O–H groups in total. The quantitative estimate of drug-likeness (QED) is 0.567. The van der Waals surface area contributed by atoms with Crippen molar-refractivity contribution in [1.29, 1.82) is 0 Å². The SMILES string of the molecule is CCC.Fc1cc(F)cc(F)c1. The highest BCUT2D eigenvalue weighted by molar-refractivity contribution is 5.07. The van der Waals surface area contributed by atoms with Crippen molar-refractivity contribution in [2.24, 2.45) is 0 Å². The molecule has 0 radical (unpaired) electrons. The van der Waals surface area contributed by atoms with E-state index in [1.54, 1.807) is 0 Å². The summed E-state index contributed by atoms with van der Waals surface area (Å²) < 4.78 is 35.8. The van der Waals surface area contributed by atoms with Crippen LogP contribution in [0.1, 0.15) is 20.3 Å². The second-order valence-electron chi connectivity index (χ2n) is 2.29. The van der Waals surface area contributed by atoms with Crippen LogP contribution < -0.4 is 0 Å². The molecular formula is C9H11F3. The van der Waals surface area contributed by atoms with E-state index in [2.05, 4.69) is 13.8 Å². The lowest BCUT2D eigenvalue weighted by atomic mass is 10.3. The van der Waals surface area contributed by atoms with Crippen LogP contribution in [0.2, 0.25) is 0 Å². The maximum absolute atomic E-state index is 11.9. The van der Waals surface area contributed by atoms with Crippen molar-refractivity contribution < 1.29 is 13.2 Å². The van der Waals surface area contributed by atoms with Crippen LogP contribution in [0.5, 0.6) is 0 Å². The summed E-state index contributed by atoms with van der Waals surface area (Å²) in [6.07, 6.45) is 1.25. The third-order valence-electron chi connectivity index (χ3n) is 0.827. The fraction of sp³-hybridized carbons (Fsp3) is 0.333. The van der Waals surface area contributed by atoms with Gasteiger partial charge in [0.05, 0.1) is 0 Å². The molecule has 68 valence electrons. The Balaban J connectivity index is 0.000000354. The minimum Gasteiger partial charge on any atom is -0.207 e. The highest BCUT2D eigenvalue weighted by Gasteiger charge is 1.96. The zero-order valence-corrected chi connectivity index (χ0v) is 7.07. The average molecular weight is 176 g/mol. The molecule has 1 aromatic rings. The molecule has 0 saturated carbocycles. The first-order valence-electron chi connectivity index (χ1n) is 3.71. The van der Waals surface area contributed by atoms with Gasteiger partial charge in [-0.25, -0.2) is 13.2 Å². The van der Waals surface area contributed by atoms with Gasteiger partial charge < -0.3 is 0 Å². The molecule has 0 aliphatic rings. The summed E-state index contributed by atoms with van der Waals surface area (Å²) in [5.41, 5.74) is 0. The minimum atomic E-state index is -0.896. The second kappa shape index (κ2) is 5.63. The summed E-state index contributed by atoms with van der Waals surface area (Å²) in [7, 11) is 0. The highest BCUT2D eigenvalue weighted by Crippen LogP contribution is 2.04. The maximum Gasteiger partial charge on any atom is 0.129 e. The molecule has 0 amide bonds. The van der Waals surface area contributed by atoms with Crippen LogP contribution in [0.4, 0.5) is 13.2 Å². The molecule has 0 heterocycles. The van der Waals surface area contributed by atoms with Crippen molar-refractivity contribution in [3.8, 4) is 0 Å². The Morgan fingerprint density at radius 3 is 1.17 bits per heavy atom. The molecule has 0 unspecified atom stereocenters. The van der Waals surface area contributed by atoms with Gasteiger partial charge in [0.2, 0.25) is 0 Å². The van der Waals surface area contributed by atoms with Gasteiger partial charge in [0, 0.05) is 18.2 Å². The van der Waals surface area contributed by atoms with Crippen molar-refractivity contribution in [3.63, 3.8) is 0 Å². The van der Waals surface area contributed by atoms with Gasteiger partial charge in [0.25, 0.3) is 0 Å². The Kier molecular flexibility index (Phi) is 5.17. The largest absolute Gasteiger partial charge is 0.207 e. The normalized spacial score (nSPS) is 8.75. The molecule has 12 heavy (non-hydrogen) atoms. The molecule has 3 heteroatoms. The molecule has 0 fully saturated rings. The van der Waals surface area contributed by atoms with Crippen molar-refractivity contribution in [2.45, 2.75) is 20.3 Å². The molecule has 1 aromatic carbocycles. The van der Waals surface area contributed by atoms with Crippen molar-refractivity contribution >= 4 is 0 Å². The summed E-state index contributed by atoms with van der Waals surface area (Å²) in [5.74, 6) is -2.69. The number of halogens is 3.